The fourth-order valence-electron chi connectivity index (χ4n) is 2.08. The first-order valence-electron chi connectivity index (χ1n) is 6.62. The normalized spacial score (nSPS) is 18.2. The molecule has 0 aliphatic heterocycles. The minimum absolute atomic E-state index is 0.0984. The van der Waals surface area contributed by atoms with Crippen LogP contribution < -0.4 is 0 Å². The molecule has 0 aromatic rings. The Morgan fingerprint density at radius 2 is 1.74 bits per heavy atom. The Balaban J connectivity index is 4.96. The minimum Gasteiger partial charge on any atom is -0.481 e. The van der Waals surface area contributed by atoms with Crippen molar-refractivity contribution in [3.63, 3.8) is 0 Å². The van der Waals surface area contributed by atoms with Gasteiger partial charge in [-0.2, -0.15) is 0 Å². The number of allylic oxidation sites excluding steroid dienone is 1. The van der Waals surface area contributed by atoms with E-state index in [0.717, 1.165) is 0 Å². The van der Waals surface area contributed by atoms with Crippen LogP contribution in [0.2, 0.25) is 0 Å². The maximum Gasteiger partial charge on any atom is 0.306 e. The Morgan fingerprint density at radius 1 is 1.26 bits per heavy atom. The molecule has 2 N–H and O–H groups in total. The number of carboxylic acids is 1. The number of hydrogen-bond acceptors (Lipinski definition) is 3. The molecule has 4 nitrogen and oxygen atoms in total. The third-order valence-electron chi connectivity index (χ3n) is 4.24. The predicted octanol–water partition coefficient (Wildman–Crippen LogP) is 2.51. The lowest BCUT2D eigenvalue weighted by atomic mass is 9.71. The number of hydrogen-bond donors (Lipinski definition) is 2. The highest BCUT2D eigenvalue weighted by atomic mass is 16.4. The molecular weight excluding hydrogens is 244 g/mol. The van der Waals surface area contributed by atoms with Gasteiger partial charge in [0.2, 0.25) is 0 Å². The van der Waals surface area contributed by atoms with E-state index in [9.17, 15) is 14.7 Å². The van der Waals surface area contributed by atoms with Crippen LogP contribution in [0.3, 0.4) is 0 Å². The number of rotatable bonds is 8. The van der Waals surface area contributed by atoms with Crippen LogP contribution in [0.4, 0.5) is 0 Å². The maximum absolute atomic E-state index is 12.5. The number of aliphatic carboxylic acids is 1. The molecule has 19 heavy (non-hydrogen) atoms. The summed E-state index contributed by atoms with van der Waals surface area (Å²) in [4.78, 5) is 23.1. The molecule has 0 fully saturated rings. The van der Waals surface area contributed by atoms with Crippen molar-refractivity contribution < 1.29 is 19.8 Å². The second kappa shape index (κ2) is 6.85. The lowest BCUT2D eigenvalue weighted by molar-refractivity contribution is -0.146. The molecule has 0 aliphatic carbocycles. The Labute approximate surface area is 115 Å². The fraction of sp³-hybridized carbons (Fsp3) is 0.733. The van der Waals surface area contributed by atoms with Crippen molar-refractivity contribution in [3.8, 4) is 0 Å². The average molecular weight is 270 g/mol. The molecule has 0 amide bonds. The fourth-order valence-corrected chi connectivity index (χ4v) is 2.08. The molecule has 0 aromatic heterocycles. The van der Waals surface area contributed by atoms with Crippen molar-refractivity contribution in [3.05, 3.63) is 12.7 Å². The summed E-state index contributed by atoms with van der Waals surface area (Å²) >= 11 is 0. The second-order valence-corrected chi connectivity index (χ2v) is 5.94. The Hall–Kier alpha value is -1.16. The third-order valence-corrected chi connectivity index (χ3v) is 4.24. The van der Waals surface area contributed by atoms with E-state index < -0.39 is 23.9 Å². The SMILES string of the molecule is C=C[C@H](C)C(C)[C@@H](C)C(=O)C(C)(C)[C@@H](O)CC(=O)O. The van der Waals surface area contributed by atoms with Gasteiger partial charge in [-0.1, -0.05) is 40.7 Å². The van der Waals surface area contributed by atoms with Crippen LogP contribution in [0.15, 0.2) is 12.7 Å². The molecule has 4 heteroatoms. The molecule has 0 aliphatic rings. The summed E-state index contributed by atoms with van der Waals surface area (Å²) in [6.45, 7) is 12.7. The molecule has 0 spiro atoms. The number of aliphatic hydroxyl groups is 1. The summed E-state index contributed by atoms with van der Waals surface area (Å²) in [5.41, 5.74) is -1.06. The van der Waals surface area contributed by atoms with E-state index in [1.54, 1.807) is 19.9 Å². The summed E-state index contributed by atoms with van der Waals surface area (Å²) < 4.78 is 0. The molecule has 0 aromatic carbocycles. The molecule has 0 radical (unpaired) electrons. The average Bonchev–Trinajstić information content (AvgIpc) is 2.33. The predicted molar refractivity (Wildman–Crippen MR) is 74.7 cm³/mol. The van der Waals surface area contributed by atoms with E-state index in [4.69, 9.17) is 5.11 Å². The van der Waals surface area contributed by atoms with Crippen LogP contribution in [0, 0.1) is 23.2 Å². The van der Waals surface area contributed by atoms with E-state index in [-0.39, 0.29) is 23.5 Å². The molecule has 0 heterocycles. The number of ketones is 1. The zero-order valence-electron chi connectivity index (χ0n) is 12.5. The van der Waals surface area contributed by atoms with E-state index in [1.807, 2.05) is 20.8 Å². The lowest BCUT2D eigenvalue weighted by Gasteiger charge is -2.34. The van der Waals surface area contributed by atoms with Gasteiger partial charge < -0.3 is 10.2 Å². The van der Waals surface area contributed by atoms with Crippen LogP contribution in [0.5, 0.6) is 0 Å². The number of carbonyl (C=O) groups is 2. The van der Waals surface area contributed by atoms with Crippen LogP contribution in [-0.2, 0) is 9.59 Å². The molecule has 110 valence electrons. The monoisotopic (exact) mass is 270 g/mol. The number of aliphatic hydroxyl groups excluding tert-OH is 1. The zero-order chi connectivity index (χ0) is 15.4. The van der Waals surface area contributed by atoms with Crippen LogP contribution in [0.1, 0.15) is 41.0 Å². The van der Waals surface area contributed by atoms with Gasteiger partial charge in [-0.05, 0) is 11.8 Å². The van der Waals surface area contributed by atoms with Gasteiger partial charge in [0.25, 0.3) is 0 Å². The Kier molecular flexibility index (Phi) is 6.43. The summed E-state index contributed by atoms with van der Waals surface area (Å²) in [6, 6.07) is 0. The topological polar surface area (TPSA) is 74.6 Å². The minimum atomic E-state index is -1.17. The third kappa shape index (κ3) is 4.46. The molecule has 1 unspecified atom stereocenters. The Morgan fingerprint density at radius 3 is 2.11 bits per heavy atom. The molecule has 0 saturated carbocycles. The first-order valence-corrected chi connectivity index (χ1v) is 6.62. The van der Waals surface area contributed by atoms with Gasteiger partial charge in [-0.3, -0.25) is 9.59 Å². The standard InChI is InChI=1S/C15H26O4/c1-7-9(2)10(3)11(4)14(19)15(5,6)12(16)8-13(17)18/h7,9-12,16H,1,8H2,2-6H3,(H,17,18)/t9-,10?,11+,12-/m0/s1. The smallest absolute Gasteiger partial charge is 0.306 e. The second-order valence-electron chi connectivity index (χ2n) is 5.94. The van der Waals surface area contributed by atoms with Crippen molar-refractivity contribution in [1.29, 1.82) is 0 Å². The van der Waals surface area contributed by atoms with Crippen molar-refractivity contribution in [2.24, 2.45) is 23.2 Å². The molecule has 4 atom stereocenters. The largest absolute Gasteiger partial charge is 0.481 e. The zero-order valence-corrected chi connectivity index (χ0v) is 12.5. The molecule has 0 rings (SSSR count). The molecular formula is C15H26O4. The van der Waals surface area contributed by atoms with Crippen LogP contribution in [0.25, 0.3) is 0 Å². The highest BCUT2D eigenvalue weighted by Crippen LogP contribution is 2.33. The quantitative estimate of drug-likeness (QED) is 0.665. The highest BCUT2D eigenvalue weighted by Gasteiger charge is 2.40. The van der Waals surface area contributed by atoms with E-state index in [2.05, 4.69) is 6.58 Å². The van der Waals surface area contributed by atoms with Crippen LogP contribution in [-0.4, -0.2) is 28.1 Å². The number of carboxylic acid groups (broad SMARTS) is 1. The van der Waals surface area contributed by atoms with E-state index in [1.165, 1.54) is 0 Å². The lowest BCUT2D eigenvalue weighted by Crippen LogP contribution is -2.43. The first kappa shape index (κ1) is 17.8. The summed E-state index contributed by atoms with van der Waals surface area (Å²) in [5.74, 6) is -1.19. The van der Waals surface area contributed by atoms with Crippen molar-refractivity contribution in [2.75, 3.05) is 0 Å². The molecule has 0 saturated heterocycles. The first-order chi connectivity index (χ1) is 8.55. The van der Waals surface area contributed by atoms with E-state index in [0.29, 0.717) is 0 Å². The number of Topliss-reactive ketones (excluding diaryl/α,β-unsaturated/α-hetero) is 1. The van der Waals surface area contributed by atoms with Crippen molar-refractivity contribution in [2.45, 2.75) is 47.1 Å². The van der Waals surface area contributed by atoms with Gasteiger partial charge in [0.05, 0.1) is 17.9 Å². The van der Waals surface area contributed by atoms with Crippen molar-refractivity contribution in [1.82, 2.24) is 0 Å². The summed E-state index contributed by atoms with van der Waals surface area (Å²) in [6.07, 6.45) is 0.206. The molecule has 0 bridgehead atoms. The van der Waals surface area contributed by atoms with Crippen molar-refractivity contribution >= 4 is 11.8 Å². The maximum atomic E-state index is 12.5. The van der Waals surface area contributed by atoms with Gasteiger partial charge in [-0.25, -0.2) is 0 Å². The summed E-state index contributed by atoms with van der Waals surface area (Å²) in [7, 11) is 0. The van der Waals surface area contributed by atoms with Crippen LogP contribution >= 0.6 is 0 Å². The van der Waals surface area contributed by atoms with Gasteiger partial charge in [0.15, 0.2) is 0 Å². The number of carbonyl (C=O) groups excluding carboxylic acids is 1. The van der Waals surface area contributed by atoms with Gasteiger partial charge in [0.1, 0.15) is 5.78 Å². The van der Waals surface area contributed by atoms with Gasteiger partial charge in [0, 0.05) is 5.92 Å². The highest BCUT2D eigenvalue weighted by molar-refractivity contribution is 5.87. The van der Waals surface area contributed by atoms with Gasteiger partial charge >= 0.3 is 5.97 Å². The van der Waals surface area contributed by atoms with Gasteiger partial charge in [-0.15, -0.1) is 6.58 Å². The summed E-state index contributed by atoms with van der Waals surface area (Å²) in [5, 5.41) is 18.6. The Bertz CT molecular complexity index is 346. The van der Waals surface area contributed by atoms with E-state index >= 15 is 0 Å².